The van der Waals surface area contributed by atoms with Crippen molar-refractivity contribution in [2.45, 2.75) is 29.4 Å². The summed E-state index contributed by atoms with van der Waals surface area (Å²) in [6.07, 6.45) is -6.78. The predicted molar refractivity (Wildman–Crippen MR) is 124 cm³/mol. The Bertz CT molecular complexity index is 1510. The lowest BCUT2D eigenvalue weighted by atomic mass is 10.1. The summed E-state index contributed by atoms with van der Waals surface area (Å²) in [4.78, 5) is 48.1. The number of carbonyl (C=O) groups is 4. The first-order valence-electron chi connectivity index (χ1n) is 10.9. The monoisotopic (exact) mass is 606 g/mol. The van der Waals surface area contributed by atoms with Crippen LogP contribution in [-0.2, 0) is 42.6 Å². The molecule has 0 saturated carbocycles. The summed E-state index contributed by atoms with van der Waals surface area (Å²) in [5.41, 5.74) is 0.219. The number of hydrogen-bond donors (Lipinski definition) is 2. The topological polar surface area (TPSA) is 200 Å². The minimum absolute atomic E-state index is 0.0188. The number of carbonyl (C=O) groups excluding carboxylic acids is 3. The fraction of sp³-hybridized carbons (Fsp3) is 0.350. The van der Waals surface area contributed by atoms with Crippen LogP contribution in [0.5, 0.6) is 0 Å². The molecule has 1 aromatic heterocycles. The minimum atomic E-state index is -5.38. The second-order valence-electron chi connectivity index (χ2n) is 8.28. The second kappa shape index (κ2) is 10.8. The van der Waals surface area contributed by atoms with Gasteiger partial charge in [-0.25, -0.2) is 22.7 Å². The zero-order valence-corrected chi connectivity index (χ0v) is 21.6. The summed E-state index contributed by atoms with van der Waals surface area (Å²) < 4.78 is 75.6. The molecule has 2 atom stereocenters. The molecule has 1 saturated heterocycles. The van der Waals surface area contributed by atoms with Crippen molar-refractivity contribution in [2.75, 3.05) is 11.5 Å². The number of carboxylic acid groups (broad SMARTS) is 1. The average molecular weight is 607 g/mol. The average Bonchev–Trinajstić information content (AvgIpc) is 3.29. The van der Waals surface area contributed by atoms with Crippen molar-refractivity contribution in [3.63, 3.8) is 0 Å². The number of rotatable bonds is 8. The van der Waals surface area contributed by atoms with E-state index in [1.165, 1.54) is 41.3 Å². The molecule has 15 nitrogen and oxygen atoms in total. The number of fused-ring (bicyclic) bond motifs is 1. The van der Waals surface area contributed by atoms with Crippen molar-refractivity contribution in [3.05, 3.63) is 46.8 Å². The molecule has 0 spiro atoms. The second-order valence-corrected chi connectivity index (χ2v) is 11.3. The number of sulfone groups is 1. The van der Waals surface area contributed by atoms with Crippen LogP contribution >= 0.6 is 11.8 Å². The molecule has 1 aromatic carbocycles. The van der Waals surface area contributed by atoms with E-state index in [9.17, 15) is 40.8 Å². The number of aromatic carboxylic acids is 1. The Kier molecular flexibility index (Phi) is 7.74. The normalized spacial score (nSPS) is 19.9. The van der Waals surface area contributed by atoms with Gasteiger partial charge in [-0.2, -0.15) is 13.2 Å². The molecule has 40 heavy (non-hydrogen) atoms. The summed E-state index contributed by atoms with van der Waals surface area (Å²) in [5, 5.41) is 19.4. The third kappa shape index (κ3) is 5.86. The third-order valence-corrected chi connectivity index (χ3v) is 8.61. The van der Waals surface area contributed by atoms with Gasteiger partial charge in [-0.1, -0.05) is 23.9 Å². The van der Waals surface area contributed by atoms with E-state index in [4.69, 9.17) is 14.6 Å². The molecule has 2 aliphatic rings. The molecule has 1 fully saturated rings. The lowest BCUT2D eigenvalue weighted by Crippen LogP contribution is -2.75. The highest BCUT2D eigenvalue weighted by Gasteiger charge is 2.61. The van der Waals surface area contributed by atoms with Crippen molar-refractivity contribution >= 4 is 45.5 Å². The SMILES string of the molecule is Cn1nnnc1SCC1=C(OC(=O)OCc2ccc(C(=O)O)cc2)N2C(=O)C(NC(=O)C(F)(F)F)C2S(=O)(=O)C1. The fourth-order valence-corrected chi connectivity index (χ4v) is 6.66. The van der Waals surface area contributed by atoms with Gasteiger partial charge in [-0.05, 0) is 28.1 Å². The number of hydrogen-bond acceptors (Lipinski definition) is 12. The van der Waals surface area contributed by atoms with Crippen molar-refractivity contribution in [3.8, 4) is 0 Å². The van der Waals surface area contributed by atoms with Crippen LogP contribution in [0.25, 0.3) is 0 Å². The van der Waals surface area contributed by atoms with Gasteiger partial charge < -0.3 is 19.9 Å². The first-order valence-corrected chi connectivity index (χ1v) is 13.6. The number of ether oxygens (including phenoxy) is 2. The molecule has 0 radical (unpaired) electrons. The van der Waals surface area contributed by atoms with E-state index < -0.39 is 69.6 Å². The number of aromatic nitrogens is 4. The van der Waals surface area contributed by atoms with E-state index in [-0.39, 0.29) is 22.0 Å². The fourth-order valence-electron chi connectivity index (χ4n) is 3.68. The maximum absolute atomic E-state index is 13.0. The van der Waals surface area contributed by atoms with Crippen LogP contribution in [0.1, 0.15) is 15.9 Å². The van der Waals surface area contributed by atoms with E-state index >= 15 is 0 Å². The number of nitrogens with one attached hydrogen (secondary N) is 1. The summed E-state index contributed by atoms with van der Waals surface area (Å²) in [7, 11) is -2.87. The Labute approximate surface area is 226 Å². The first-order chi connectivity index (χ1) is 18.7. The maximum atomic E-state index is 13.0. The van der Waals surface area contributed by atoms with Crippen LogP contribution < -0.4 is 5.32 Å². The van der Waals surface area contributed by atoms with E-state index in [1.54, 1.807) is 0 Å². The number of alkyl halides is 3. The van der Waals surface area contributed by atoms with E-state index in [2.05, 4.69) is 15.5 Å². The van der Waals surface area contributed by atoms with Gasteiger partial charge in [0.15, 0.2) is 15.2 Å². The quantitative estimate of drug-likeness (QED) is 0.235. The molecule has 3 heterocycles. The van der Waals surface area contributed by atoms with Crippen LogP contribution in [0.3, 0.4) is 0 Å². The summed E-state index contributed by atoms with van der Waals surface area (Å²) in [5.74, 6) is -6.60. The number of β-lactam (4-membered cyclic amide) rings is 1. The number of halogens is 3. The number of carboxylic acids is 1. The van der Waals surface area contributed by atoms with Crippen LogP contribution in [0, 0.1) is 0 Å². The Hall–Kier alpha value is -4.20. The molecule has 4 rings (SSSR count). The lowest BCUT2D eigenvalue weighted by molar-refractivity contribution is -0.177. The van der Waals surface area contributed by atoms with Gasteiger partial charge in [0.25, 0.3) is 5.91 Å². The number of benzene rings is 1. The summed E-state index contributed by atoms with van der Waals surface area (Å²) >= 11 is 0.917. The zero-order valence-electron chi connectivity index (χ0n) is 20.0. The maximum Gasteiger partial charge on any atom is 0.515 e. The molecule has 2 amide bonds. The molecule has 2 unspecified atom stereocenters. The minimum Gasteiger partial charge on any atom is -0.478 e. The molecule has 2 aromatic rings. The number of aryl methyl sites for hydroxylation is 1. The molecule has 0 aliphatic carbocycles. The highest BCUT2D eigenvalue weighted by Crippen LogP contribution is 2.39. The lowest BCUT2D eigenvalue weighted by Gasteiger charge is -2.48. The molecular weight excluding hydrogens is 589 g/mol. The molecule has 2 aliphatic heterocycles. The van der Waals surface area contributed by atoms with E-state index in [0.717, 1.165) is 11.8 Å². The Morgan fingerprint density at radius 3 is 2.48 bits per heavy atom. The van der Waals surface area contributed by atoms with Gasteiger partial charge in [0.1, 0.15) is 12.6 Å². The van der Waals surface area contributed by atoms with Crippen LogP contribution in [0.15, 0.2) is 40.9 Å². The highest BCUT2D eigenvalue weighted by atomic mass is 32.2. The van der Waals surface area contributed by atoms with E-state index in [1.807, 2.05) is 0 Å². The number of nitrogens with zero attached hydrogens (tertiary/aromatic N) is 5. The number of amides is 2. The van der Waals surface area contributed by atoms with Crippen LogP contribution in [0.4, 0.5) is 18.0 Å². The van der Waals surface area contributed by atoms with Crippen LogP contribution in [-0.4, -0.2) is 91.7 Å². The van der Waals surface area contributed by atoms with Gasteiger partial charge in [-0.3, -0.25) is 14.5 Å². The predicted octanol–water partition coefficient (Wildman–Crippen LogP) is 0.209. The van der Waals surface area contributed by atoms with Gasteiger partial charge in [0.2, 0.25) is 11.0 Å². The molecule has 20 heteroatoms. The molecule has 214 valence electrons. The number of tetrazole rings is 1. The van der Waals surface area contributed by atoms with Crippen molar-refractivity contribution in [2.24, 2.45) is 7.05 Å². The third-order valence-electron chi connectivity index (χ3n) is 5.55. The smallest absolute Gasteiger partial charge is 0.478 e. The van der Waals surface area contributed by atoms with Gasteiger partial charge >= 0.3 is 24.2 Å². The summed E-state index contributed by atoms with van der Waals surface area (Å²) in [6.45, 7) is -0.402. The molecule has 2 N–H and O–H groups in total. The van der Waals surface area contributed by atoms with Gasteiger partial charge in [0.05, 0.1) is 11.3 Å². The van der Waals surface area contributed by atoms with Gasteiger partial charge in [0, 0.05) is 18.4 Å². The Morgan fingerprint density at radius 2 is 1.90 bits per heavy atom. The van der Waals surface area contributed by atoms with Crippen LogP contribution in [0.2, 0.25) is 0 Å². The highest BCUT2D eigenvalue weighted by molar-refractivity contribution is 7.99. The Morgan fingerprint density at radius 1 is 1.23 bits per heavy atom. The zero-order chi connectivity index (χ0) is 29.4. The molecular formula is C20H17F3N6O9S2. The number of thioether (sulfide) groups is 1. The van der Waals surface area contributed by atoms with E-state index in [0.29, 0.717) is 10.5 Å². The Balaban J connectivity index is 1.57. The first kappa shape index (κ1) is 28.8. The van der Waals surface area contributed by atoms with Gasteiger partial charge in [-0.15, -0.1) is 5.10 Å². The summed E-state index contributed by atoms with van der Waals surface area (Å²) in [6, 6.07) is 3.18. The standard InChI is InChI=1S/C20H17F3N6O9S2/c1-28-18(25-26-27-28)39-7-11-8-40(35,36)15-12(24-17(33)20(21,22)23)13(30)29(15)14(11)38-19(34)37-6-9-2-4-10(5-3-9)16(31)32/h2-5,12,15H,6-8H2,1H3,(H,24,33)(H,31,32). The largest absolute Gasteiger partial charge is 0.515 e. The molecule has 0 bridgehead atoms. The van der Waals surface area contributed by atoms with Crippen molar-refractivity contribution in [1.29, 1.82) is 0 Å². The van der Waals surface area contributed by atoms with Crippen molar-refractivity contribution in [1.82, 2.24) is 30.4 Å². The van der Waals surface area contributed by atoms with Crippen molar-refractivity contribution < 1.29 is 55.3 Å².